The Morgan fingerprint density at radius 3 is 3.04 bits per heavy atom. The van der Waals surface area contributed by atoms with Gasteiger partial charge in [-0.25, -0.2) is 4.79 Å². The number of ether oxygens (including phenoxy) is 2. The zero-order valence-electron chi connectivity index (χ0n) is 14.8. The second-order valence-electron chi connectivity index (χ2n) is 6.62. The first-order chi connectivity index (χ1) is 13.1. The Bertz CT molecular complexity index is 929. The molecule has 0 bridgehead atoms. The SMILES string of the molecule is COc1cc(C(=O)OC[C@@H]2NC(=O)[C@@H]3CCCN3C2=O)c2cnccc2c1. The van der Waals surface area contributed by atoms with Crippen molar-refractivity contribution < 1.29 is 23.9 Å². The van der Waals surface area contributed by atoms with Crippen molar-refractivity contribution in [3.05, 3.63) is 36.2 Å². The molecule has 8 nitrogen and oxygen atoms in total. The standard InChI is InChI=1S/C19H19N3O5/c1-26-12-7-11-4-5-20-9-14(11)13(8-12)19(25)27-10-15-18(24)22-6-2-3-16(22)17(23)21-15/h4-5,7-9,15-16H,2-3,6,10H2,1H3,(H,21,23)/t15-,16-/m0/s1. The van der Waals surface area contributed by atoms with E-state index in [1.807, 2.05) is 0 Å². The summed E-state index contributed by atoms with van der Waals surface area (Å²) in [6.45, 7) is 0.346. The second-order valence-corrected chi connectivity index (χ2v) is 6.62. The molecule has 0 spiro atoms. The summed E-state index contributed by atoms with van der Waals surface area (Å²) in [6.07, 6.45) is 4.68. The number of esters is 1. The molecule has 1 aromatic heterocycles. The summed E-state index contributed by atoms with van der Waals surface area (Å²) in [5, 5.41) is 4.08. The number of hydrogen-bond acceptors (Lipinski definition) is 6. The Labute approximate surface area is 155 Å². The van der Waals surface area contributed by atoms with E-state index in [0.717, 1.165) is 11.8 Å². The van der Waals surface area contributed by atoms with Crippen LogP contribution in [-0.2, 0) is 14.3 Å². The molecule has 0 aliphatic carbocycles. The van der Waals surface area contributed by atoms with Gasteiger partial charge in [-0.1, -0.05) is 0 Å². The molecule has 2 amide bonds. The van der Waals surface area contributed by atoms with Crippen molar-refractivity contribution in [1.29, 1.82) is 0 Å². The van der Waals surface area contributed by atoms with Crippen molar-refractivity contribution >= 4 is 28.6 Å². The lowest BCUT2D eigenvalue weighted by atomic mass is 10.1. The van der Waals surface area contributed by atoms with Gasteiger partial charge >= 0.3 is 5.97 Å². The quantitative estimate of drug-likeness (QED) is 0.804. The third-order valence-corrected chi connectivity index (χ3v) is 5.02. The number of fused-ring (bicyclic) bond motifs is 2. The highest BCUT2D eigenvalue weighted by Gasteiger charge is 2.43. The van der Waals surface area contributed by atoms with Gasteiger partial charge in [0.05, 0.1) is 12.7 Å². The number of benzene rings is 1. The maximum Gasteiger partial charge on any atom is 0.339 e. The molecule has 0 unspecified atom stereocenters. The Hall–Kier alpha value is -3.16. The molecule has 2 fully saturated rings. The lowest BCUT2D eigenvalue weighted by molar-refractivity contribution is -0.148. The van der Waals surface area contributed by atoms with E-state index in [1.165, 1.54) is 7.11 Å². The monoisotopic (exact) mass is 369 g/mol. The molecule has 1 aromatic carbocycles. The van der Waals surface area contributed by atoms with Crippen LogP contribution in [0.25, 0.3) is 10.8 Å². The maximum atomic E-state index is 12.6. The zero-order chi connectivity index (χ0) is 19.0. The molecule has 2 saturated heterocycles. The number of nitrogens with zero attached hydrogens (tertiary/aromatic N) is 2. The highest BCUT2D eigenvalue weighted by atomic mass is 16.5. The maximum absolute atomic E-state index is 12.6. The largest absolute Gasteiger partial charge is 0.497 e. The third kappa shape index (κ3) is 3.07. The van der Waals surface area contributed by atoms with Gasteiger partial charge in [0.25, 0.3) is 0 Å². The molecular formula is C19H19N3O5. The van der Waals surface area contributed by atoms with Crippen molar-refractivity contribution in [2.75, 3.05) is 20.3 Å². The average Bonchev–Trinajstić information content (AvgIpc) is 3.19. The summed E-state index contributed by atoms with van der Waals surface area (Å²) in [5.41, 5.74) is 0.297. The topological polar surface area (TPSA) is 97.8 Å². The minimum atomic E-state index is -0.856. The van der Waals surface area contributed by atoms with E-state index in [0.29, 0.717) is 29.7 Å². The van der Waals surface area contributed by atoms with Gasteiger partial charge in [-0.3, -0.25) is 14.6 Å². The van der Waals surface area contributed by atoms with Crippen LogP contribution < -0.4 is 10.1 Å². The molecule has 2 aromatic rings. The van der Waals surface area contributed by atoms with Crippen molar-refractivity contribution in [1.82, 2.24) is 15.2 Å². The molecule has 4 rings (SSSR count). The number of methoxy groups -OCH3 is 1. The molecular weight excluding hydrogens is 350 g/mol. The molecule has 27 heavy (non-hydrogen) atoms. The predicted octanol–water partition coefficient (Wildman–Crippen LogP) is 0.890. The van der Waals surface area contributed by atoms with Crippen LogP contribution >= 0.6 is 0 Å². The highest BCUT2D eigenvalue weighted by molar-refractivity contribution is 6.05. The summed E-state index contributed by atoms with van der Waals surface area (Å²) in [7, 11) is 1.51. The van der Waals surface area contributed by atoms with Gasteiger partial charge in [0, 0.05) is 24.3 Å². The molecule has 2 aliphatic heterocycles. The summed E-state index contributed by atoms with van der Waals surface area (Å²) in [5.74, 6) is -0.480. The van der Waals surface area contributed by atoms with Crippen LogP contribution in [0, 0.1) is 0 Å². The normalized spacial score (nSPS) is 21.7. The van der Waals surface area contributed by atoms with E-state index in [4.69, 9.17) is 9.47 Å². The van der Waals surface area contributed by atoms with Crippen LogP contribution in [-0.4, -0.2) is 60.0 Å². The van der Waals surface area contributed by atoms with Gasteiger partial charge in [-0.2, -0.15) is 0 Å². The second kappa shape index (κ2) is 6.86. The third-order valence-electron chi connectivity index (χ3n) is 5.02. The summed E-state index contributed by atoms with van der Waals surface area (Å²) < 4.78 is 10.6. The van der Waals surface area contributed by atoms with Gasteiger partial charge in [0.1, 0.15) is 24.4 Å². The van der Waals surface area contributed by atoms with E-state index in [1.54, 1.807) is 35.5 Å². The number of pyridine rings is 1. The molecule has 2 aliphatic rings. The molecule has 0 radical (unpaired) electrons. The van der Waals surface area contributed by atoms with Gasteiger partial charge in [0.15, 0.2) is 0 Å². The van der Waals surface area contributed by atoms with E-state index < -0.39 is 18.1 Å². The summed E-state index contributed by atoms with van der Waals surface area (Å²) in [6, 6.07) is 3.90. The number of amides is 2. The lowest BCUT2D eigenvalue weighted by Gasteiger charge is -2.34. The van der Waals surface area contributed by atoms with Crippen molar-refractivity contribution in [2.45, 2.75) is 24.9 Å². The Morgan fingerprint density at radius 2 is 2.22 bits per heavy atom. The fourth-order valence-electron chi connectivity index (χ4n) is 3.64. The number of aromatic nitrogens is 1. The molecule has 3 heterocycles. The van der Waals surface area contributed by atoms with E-state index in [2.05, 4.69) is 10.3 Å². The smallest absolute Gasteiger partial charge is 0.339 e. The predicted molar refractivity (Wildman–Crippen MR) is 95.2 cm³/mol. The number of hydrogen-bond donors (Lipinski definition) is 1. The zero-order valence-corrected chi connectivity index (χ0v) is 14.8. The van der Waals surface area contributed by atoms with Crippen LogP contribution in [0.5, 0.6) is 5.75 Å². The fraction of sp³-hybridized carbons (Fsp3) is 0.368. The molecule has 0 saturated carbocycles. The van der Waals surface area contributed by atoms with Crippen LogP contribution in [0.4, 0.5) is 0 Å². The van der Waals surface area contributed by atoms with Crippen LogP contribution in [0.3, 0.4) is 0 Å². The fourth-order valence-corrected chi connectivity index (χ4v) is 3.64. The molecule has 2 atom stereocenters. The minimum absolute atomic E-state index is 0.191. The first-order valence-electron chi connectivity index (χ1n) is 8.78. The average molecular weight is 369 g/mol. The summed E-state index contributed by atoms with van der Waals surface area (Å²) >= 11 is 0. The Morgan fingerprint density at radius 1 is 1.37 bits per heavy atom. The van der Waals surface area contributed by atoms with Crippen LogP contribution in [0.2, 0.25) is 0 Å². The number of piperazine rings is 1. The Kier molecular flexibility index (Phi) is 4.39. The van der Waals surface area contributed by atoms with E-state index >= 15 is 0 Å². The van der Waals surface area contributed by atoms with Crippen LogP contribution in [0.1, 0.15) is 23.2 Å². The van der Waals surface area contributed by atoms with Gasteiger partial charge in [-0.05, 0) is 36.4 Å². The number of nitrogens with one attached hydrogen (secondary N) is 1. The van der Waals surface area contributed by atoms with Gasteiger partial charge < -0.3 is 19.7 Å². The van der Waals surface area contributed by atoms with Gasteiger partial charge in [0.2, 0.25) is 11.8 Å². The minimum Gasteiger partial charge on any atom is -0.497 e. The number of carbonyl (C=O) groups excluding carboxylic acids is 3. The first kappa shape index (κ1) is 17.3. The first-order valence-corrected chi connectivity index (χ1v) is 8.78. The molecule has 1 N–H and O–H groups in total. The lowest BCUT2D eigenvalue weighted by Crippen LogP contribution is -2.62. The number of rotatable bonds is 4. The summed E-state index contributed by atoms with van der Waals surface area (Å²) in [4.78, 5) is 42.9. The van der Waals surface area contributed by atoms with E-state index in [9.17, 15) is 14.4 Å². The molecule has 8 heteroatoms. The Balaban J connectivity index is 1.52. The number of carbonyl (C=O) groups is 3. The van der Waals surface area contributed by atoms with Crippen LogP contribution in [0.15, 0.2) is 30.6 Å². The van der Waals surface area contributed by atoms with Gasteiger partial charge in [-0.15, -0.1) is 0 Å². The van der Waals surface area contributed by atoms with E-state index in [-0.39, 0.29) is 18.4 Å². The van der Waals surface area contributed by atoms with Crippen molar-refractivity contribution in [2.24, 2.45) is 0 Å². The van der Waals surface area contributed by atoms with Crippen molar-refractivity contribution in [3.63, 3.8) is 0 Å². The molecule has 140 valence electrons. The highest BCUT2D eigenvalue weighted by Crippen LogP contribution is 2.26. The van der Waals surface area contributed by atoms with Crippen molar-refractivity contribution in [3.8, 4) is 5.75 Å².